The number of fused-ring (bicyclic) bond motifs is 5. The Morgan fingerprint density at radius 1 is 0.885 bits per heavy atom. The summed E-state index contributed by atoms with van der Waals surface area (Å²) in [5, 5.41) is 20.7. The van der Waals surface area contributed by atoms with E-state index in [4.69, 9.17) is 4.74 Å². The average molecular weight is 363 g/mol. The van der Waals surface area contributed by atoms with Crippen molar-refractivity contribution in [2.45, 2.75) is 77.2 Å². The minimum Gasteiger partial charge on any atom is -0.396 e. The van der Waals surface area contributed by atoms with Crippen molar-refractivity contribution in [1.82, 2.24) is 0 Å². The molecule has 0 aromatic rings. The lowest BCUT2D eigenvalue weighted by molar-refractivity contribution is -0.199. The lowest BCUT2D eigenvalue weighted by atomic mass is 9.47. The summed E-state index contributed by atoms with van der Waals surface area (Å²) >= 11 is 0. The predicted molar refractivity (Wildman–Crippen MR) is 102 cm³/mol. The monoisotopic (exact) mass is 362 g/mol. The second kappa shape index (κ2) is 5.94. The summed E-state index contributed by atoms with van der Waals surface area (Å²) in [5.41, 5.74) is 0.0745. The van der Waals surface area contributed by atoms with E-state index in [2.05, 4.69) is 13.8 Å². The van der Waals surface area contributed by atoms with Crippen molar-refractivity contribution in [3.05, 3.63) is 0 Å². The molecule has 0 spiro atoms. The van der Waals surface area contributed by atoms with Crippen molar-refractivity contribution in [1.29, 1.82) is 0 Å². The maximum Gasteiger partial charge on any atom is 0.0622 e. The van der Waals surface area contributed by atoms with E-state index in [1.807, 2.05) is 0 Å². The summed E-state index contributed by atoms with van der Waals surface area (Å²) in [6.07, 6.45) is 11.4. The van der Waals surface area contributed by atoms with Gasteiger partial charge in [-0.05, 0) is 106 Å². The fourth-order valence-electron chi connectivity index (χ4n) is 8.85. The highest BCUT2D eigenvalue weighted by Gasteiger charge is 2.62. The van der Waals surface area contributed by atoms with Crippen molar-refractivity contribution in [3.63, 3.8) is 0 Å². The minimum absolute atomic E-state index is 0.0665. The first-order valence-electron chi connectivity index (χ1n) is 11.3. The molecule has 26 heavy (non-hydrogen) atoms. The molecule has 1 aliphatic heterocycles. The Morgan fingerprint density at radius 3 is 2.35 bits per heavy atom. The summed E-state index contributed by atoms with van der Waals surface area (Å²) in [6.45, 7) is 6.51. The molecule has 8 atom stereocenters. The average Bonchev–Trinajstić information content (AvgIpc) is 2.91. The zero-order valence-electron chi connectivity index (χ0n) is 16.8. The molecule has 1 heterocycles. The van der Waals surface area contributed by atoms with Crippen molar-refractivity contribution in [2.24, 2.45) is 46.3 Å². The Labute approximate surface area is 158 Å². The van der Waals surface area contributed by atoms with Gasteiger partial charge in [0.05, 0.1) is 25.4 Å². The molecule has 2 N–H and O–H groups in total. The predicted octanol–water partition coefficient (Wildman–Crippen LogP) is 4.02. The van der Waals surface area contributed by atoms with Crippen LogP contribution in [0.15, 0.2) is 0 Å². The molecule has 5 aliphatic rings. The molecule has 5 fully saturated rings. The number of aliphatic hydroxyl groups excluding tert-OH is 1. The Balaban J connectivity index is 1.37. The maximum atomic E-state index is 10.6. The van der Waals surface area contributed by atoms with E-state index in [1.165, 1.54) is 44.9 Å². The van der Waals surface area contributed by atoms with Gasteiger partial charge >= 0.3 is 0 Å². The van der Waals surface area contributed by atoms with Crippen LogP contribution in [0.25, 0.3) is 0 Å². The molecule has 4 saturated carbocycles. The van der Waals surface area contributed by atoms with E-state index in [-0.39, 0.29) is 5.41 Å². The Kier molecular flexibility index (Phi) is 4.10. The highest BCUT2D eigenvalue weighted by molar-refractivity contribution is 5.11. The summed E-state index contributed by atoms with van der Waals surface area (Å²) in [7, 11) is 0. The van der Waals surface area contributed by atoms with Gasteiger partial charge in [0.1, 0.15) is 0 Å². The molecular formula is C23H38O3. The molecule has 1 saturated heterocycles. The molecule has 0 radical (unpaired) electrons. The van der Waals surface area contributed by atoms with Crippen LogP contribution in [0.3, 0.4) is 0 Å². The molecule has 3 nitrogen and oxygen atoms in total. The fraction of sp³-hybridized carbons (Fsp3) is 1.00. The molecule has 0 bridgehead atoms. The number of rotatable bonds is 2. The number of hydrogen-bond acceptors (Lipinski definition) is 3. The first-order chi connectivity index (χ1) is 12.4. The second-order valence-corrected chi connectivity index (χ2v) is 11.4. The highest BCUT2D eigenvalue weighted by atomic mass is 16.5. The van der Waals surface area contributed by atoms with Gasteiger partial charge in [-0.3, -0.25) is 0 Å². The van der Waals surface area contributed by atoms with Crippen LogP contribution in [0.4, 0.5) is 0 Å². The lowest BCUT2D eigenvalue weighted by Gasteiger charge is -2.59. The lowest BCUT2D eigenvalue weighted by Crippen LogP contribution is -2.57. The van der Waals surface area contributed by atoms with Crippen molar-refractivity contribution in [2.75, 3.05) is 19.8 Å². The fourth-order valence-corrected chi connectivity index (χ4v) is 8.85. The highest BCUT2D eigenvalue weighted by Crippen LogP contribution is 2.67. The number of ether oxygens (including phenoxy) is 1. The number of hydrogen-bond donors (Lipinski definition) is 2. The molecule has 4 aliphatic carbocycles. The Hall–Kier alpha value is -0.120. The SMILES string of the molecule is C[C@@]1(O)CC[C@H]2[C@H](CC[C@@H]3[C@@H]2CC[C@]2(C)[C@@H](C4(CO)COC4)CC[C@@H]32)C1. The zero-order valence-corrected chi connectivity index (χ0v) is 16.8. The largest absolute Gasteiger partial charge is 0.396 e. The van der Waals surface area contributed by atoms with Crippen molar-refractivity contribution in [3.8, 4) is 0 Å². The van der Waals surface area contributed by atoms with E-state index >= 15 is 0 Å². The van der Waals surface area contributed by atoms with Crippen LogP contribution < -0.4 is 0 Å². The molecule has 5 rings (SSSR count). The van der Waals surface area contributed by atoms with Gasteiger partial charge < -0.3 is 14.9 Å². The molecule has 148 valence electrons. The first-order valence-corrected chi connectivity index (χ1v) is 11.3. The van der Waals surface area contributed by atoms with Gasteiger partial charge in [-0.2, -0.15) is 0 Å². The van der Waals surface area contributed by atoms with Crippen LogP contribution >= 0.6 is 0 Å². The van der Waals surface area contributed by atoms with E-state index in [1.54, 1.807) is 0 Å². The third-order valence-corrected chi connectivity index (χ3v) is 10.1. The van der Waals surface area contributed by atoms with Gasteiger partial charge in [-0.25, -0.2) is 0 Å². The van der Waals surface area contributed by atoms with Crippen LogP contribution in [0.1, 0.15) is 71.6 Å². The minimum atomic E-state index is -0.409. The van der Waals surface area contributed by atoms with Gasteiger partial charge in [-0.15, -0.1) is 0 Å². The van der Waals surface area contributed by atoms with E-state index in [0.717, 1.165) is 55.6 Å². The molecular weight excluding hydrogens is 324 g/mol. The summed E-state index contributed by atoms with van der Waals surface area (Å²) in [5.74, 6) is 4.97. The van der Waals surface area contributed by atoms with Gasteiger partial charge in [0.15, 0.2) is 0 Å². The molecule has 0 aromatic heterocycles. The standard InChI is InChI=1S/C23H38O3/c1-21(25)9-7-16-15(11-21)3-4-18-17(16)8-10-22(2)19(18)5-6-20(22)23(12-24)13-26-14-23/h15-20,24-25H,3-14H2,1-2H3/t15-,16+,17-,18-,19+,20+,21-,22+/m1/s1. The van der Waals surface area contributed by atoms with Gasteiger partial charge in [0.25, 0.3) is 0 Å². The number of aliphatic hydroxyl groups is 2. The zero-order chi connectivity index (χ0) is 18.2. The maximum absolute atomic E-state index is 10.6. The van der Waals surface area contributed by atoms with Crippen LogP contribution in [0.5, 0.6) is 0 Å². The van der Waals surface area contributed by atoms with Crippen molar-refractivity contribution >= 4 is 0 Å². The van der Waals surface area contributed by atoms with Crippen LogP contribution in [0.2, 0.25) is 0 Å². The second-order valence-electron chi connectivity index (χ2n) is 11.4. The quantitative estimate of drug-likeness (QED) is 0.780. The smallest absolute Gasteiger partial charge is 0.0622 e. The molecule has 0 aromatic carbocycles. The van der Waals surface area contributed by atoms with Gasteiger partial charge in [0.2, 0.25) is 0 Å². The van der Waals surface area contributed by atoms with E-state index < -0.39 is 5.60 Å². The van der Waals surface area contributed by atoms with Gasteiger partial charge in [0, 0.05) is 5.41 Å². The molecule has 0 unspecified atom stereocenters. The summed E-state index contributed by atoms with van der Waals surface area (Å²) in [6, 6.07) is 0. The topological polar surface area (TPSA) is 49.7 Å². The summed E-state index contributed by atoms with van der Waals surface area (Å²) in [4.78, 5) is 0. The van der Waals surface area contributed by atoms with E-state index in [0.29, 0.717) is 17.9 Å². The summed E-state index contributed by atoms with van der Waals surface area (Å²) < 4.78 is 5.58. The third-order valence-electron chi connectivity index (χ3n) is 10.1. The molecule has 3 heteroatoms. The van der Waals surface area contributed by atoms with Crippen LogP contribution in [-0.4, -0.2) is 35.6 Å². The van der Waals surface area contributed by atoms with E-state index in [9.17, 15) is 10.2 Å². The molecule has 0 amide bonds. The van der Waals surface area contributed by atoms with Crippen LogP contribution in [-0.2, 0) is 4.74 Å². The first kappa shape index (κ1) is 17.9. The third kappa shape index (κ3) is 2.42. The van der Waals surface area contributed by atoms with Crippen molar-refractivity contribution < 1.29 is 14.9 Å². The Bertz CT molecular complexity index is 548. The van der Waals surface area contributed by atoms with Gasteiger partial charge in [-0.1, -0.05) is 6.92 Å². The van der Waals surface area contributed by atoms with Crippen LogP contribution in [0, 0.1) is 46.3 Å². The Morgan fingerprint density at radius 2 is 1.65 bits per heavy atom. The normalized spacial score (nSPS) is 55.4.